The molecule has 9 nitrogen and oxygen atoms in total. The maximum Gasteiger partial charge on any atom is 0.472 e. The summed E-state index contributed by atoms with van der Waals surface area (Å²) in [5.41, 5.74) is 0. The van der Waals surface area contributed by atoms with Gasteiger partial charge in [-0.15, -0.1) is 0 Å². The summed E-state index contributed by atoms with van der Waals surface area (Å²) >= 11 is 0. The molecule has 0 aromatic heterocycles. The normalized spacial score (nSPS) is 13.9. The molecule has 0 aromatic rings. The second kappa shape index (κ2) is 71.7. The number of unbranched alkanes of at least 4 members (excludes halogenated alkanes) is 42. The number of esters is 1. The first-order valence-corrected chi connectivity index (χ1v) is 41.1. The van der Waals surface area contributed by atoms with Crippen molar-refractivity contribution < 1.29 is 37.3 Å². The maximum atomic E-state index is 13.7. The van der Waals surface area contributed by atoms with Crippen molar-refractivity contribution in [2.75, 3.05) is 40.9 Å². The van der Waals surface area contributed by atoms with Crippen LogP contribution in [-0.4, -0.2) is 74.3 Å². The molecule has 0 heterocycles. The molecule has 0 aliphatic heterocycles. The third-order valence-corrected chi connectivity index (χ3v) is 18.5. The lowest BCUT2D eigenvalue weighted by Crippen LogP contribution is -2.47. The minimum absolute atomic E-state index is 0.0367. The molecule has 0 bridgehead atoms. The highest BCUT2D eigenvalue weighted by molar-refractivity contribution is 7.47. The van der Waals surface area contributed by atoms with Crippen LogP contribution in [0, 0.1) is 0 Å². The maximum absolute atomic E-state index is 13.7. The molecule has 3 unspecified atom stereocenters. The highest BCUT2D eigenvalue weighted by Crippen LogP contribution is 2.43. The van der Waals surface area contributed by atoms with E-state index in [0.29, 0.717) is 17.4 Å². The van der Waals surface area contributed by atoms with Gasteiger partial charge in [-0.2, -0.15) is 0 Å². The van der Waals surface area contributed by atoms with E-state index < -0.39 is 20.0 Å². The topological polar surface area (TPSA) is 111 Å². The van der Waals surface area contributed by atoms with E-state index in [-0.39, 0.29) is 31.5 Å². The monoisotopic (exact) mass is 1320 g/mol. The summed E-state index contributed by atoms with van der Waals surface area (Å²) < 4.78 is 30.9. The van der Waals surface area contributed by atoms with E-state index in [1.165, 1.54) is 225 Å². The quantitative estimate of drug-likeness (QED) is 0.0205. The van der Waals surface area contributed by atoms with E-state index in [2.05, 4.69) is 111 Å². The highest BCUT2D eigenvalue weighted by Gasteiger charge is 2.30. The number of rotatable bonds is 72. The van der Waals surface area contributed by atoms with Crippen molar-refractivity contribution in [2.45, 2.75) is 380 Å². The molecule has 0 aromatic carbocycles. The number of carbonyl (C=O) groups excluding carboxylic acids is 2. The molecule has 0 radical (unpaired) electrons. The Balaban J connectivity index is 4.99. The first-order valence-electron chi connectivity index (χ1n) is 39.6. The van der Waals surface area contributed by atoms with Gasteiger partial charge in [-0.1, -0.05) is 343 Å². The summed E-state index contributed by atoms with van der Waals surface area (Å²) in [6, 6.07) is -0.858. The number of phosphoric ester groups is 1. The Labute approximate surface area is 577 Å². The van der Waals surface area contributed by atoms with Crippen molar-refractivity contribution in [3.8, 4) is 0 Å². The SMILES string of the molecule is CC/C=C\C/C=C\C/C=C\C/C=C\C/C=C\C/C=C\CCCCCCCCCCC(=O)OC(/C=C/CCCCCCCCCCCCC)C(COP(=O)(O)OCC[N+](C)(C)C)NC(=O)CCCCCCCCCCCCCCCCCCC/C=C/CCCCCCCC. The summed E-state index contributed by atoms with van der Waals surface area (Å²) in [5.74, 6) is -0.503. The van der Waals surface area contributed by atoms with Crippen molar-refractivity contribution in [1.29, 1.82) is 0 Å². The number of hydrogen-bond acceptors (Lipinski definition) is 6. The van der Waals surface area contributed by atoms with Gasteiger partial charge in [0.2, 0.25) is 5.91 Å². The van der Waals surface area contributed by atoms with Gasteiger partial charge in [0.05, 0.1) is 33.8 Å². The Hall–Kier alpha value is -3.07. The summed E-state index contributed by atoms with van der Waals surface area (Å²) in [6.07, 6.45) is 98.7. The molecule has 2 N–H and O–H groups in total. The second-order valence-corrected chi connectivity index (χ2v) is 29.3. The Bertz CT molecular complexity index is 1910. The smallest absolute Gasteiger partial charge is 0.456 e. The number of ether oxygens (including phenoxy) is 1. The van der Waals surface area contributed by atoms with Crippen LogP contribution >= 0.6 is 7.82 Å². The second-order valence-electron chi connectivity index (χ2n) is 27.9. The van der Waals surface area contributed by atoms with Gasteiger partial charge in [0.1, 0.15) is 19.3 Å². The summed E-state index contributed by atoms with van der Waals surface area (Å²) in [6.45, 7) is 6.94. The molecule has 0 rings (SSSR count). The average Bonchev–Trinajstić information content (AvgIpc) is 2.15. The predicted molar refractivity (Wildman–Crippen MR) is 406 cm³/mol. The molecule has 3 atom stereocenters. The van der Waals surface area contributed by atoms with Gasteiger partial charge in [0.25, 0.3) is 0 Å². The molecular weight excluding hydrogens is 1170 g/mol. The van der Waals surface area contributed by atoms with Gasteiger partial charge in [0.15, 0.2) is 0 Å². The van der Waals surface area contributed by atoms with Gasteiger partial charge in [-0.3, -0.25) is 18.6 Å². The van der Waals surface area contributed by atoms with Gasteiger partial charge in [0, 0.05) is 12.8 Å². The number of amides is 1. The van der Waals surface area contributed by atoms with Crippen molar-refractivity contribution >= 4 is 19.7 Å². The molecule has 1 amide bonds. The van der Waals surface area contributed by atoms with E-state index >= 15 is 0 Å². The summed E-state index contributed by atoms with van der Waals surface area (Å²) in [7, 11) is 1.50. The molecule has 540 valence electrons. The average molecular weight is 1320 g/mol. The fourth-order valence-electron chi connectivity index (χ4n) is 11.5. The molecule has 0 aliphatic rings. The predicted octanol–water partition coefficient (Wildman–Crippen LogP) is 25.8. The van der Waals surface area contributed by atoms with Crippen molar-refractivity contribution in [3.05, 3.63) is 97.2 Å². The molecule has 0 saturated carbocycles. The first kappa shape index (κ1) is 89.9. The standard InChI is InChI=1S/C83H151N2O7P/c1-7-10-13-16-19-22-25-28-30-32-34-36-38-40-42-44-46-48-50-52-54-57-60-63-66-69-72-75-82(86)84-80(79-91-93(88,89)90-78-77-85(4,5)6)81(74-71-68-65-62-59-56-27-24-21-18-15-12-9-3)92-83(87)76-73-70-67-64-61-58-55-53-51-49-47-45-43-41-39-37-35-33-31-29-26-23-20-17-14-11-8-2/h11,14,20,23,28-31,35,37,41,43,47,49,71,74,80-81H,7-10,12-13,15-19,21-22,24-27,32-34,36,38-40,42,44-46,48,50-70,72-73,75-79H2,1-6H3,(H-,84,86,88,89)/p+1/b14-11-,23-20-,30-28+,31-29-,37-35-,43-41-,49-47-,74-71+. The fourth-order valence-corrected chi connectivity index (χ4v) is 12.2. The first-order chi connectivity index (χ1) is 45.4. The number of quaternary nitrogens is 1. The van der Waals surface area contributed by atoms with Crippen LogP contribution in [0.2, 0.25) is 0 Å². The van der Waals surface area contributed by atoms with E-state index in [4.69, 9.17) is 13.8 Å². The number of nitrogens with one attached hydrogen (secondary N) is 1. The van der Waals surface area contributed by atoms with Crippen molar-refractivity contribution in [1.82, 2.24) is 5.32 Å². The molecule has 0 fully saturated rings. The van der Waals surface area contributed by atoms with Gasteiger partial charge < -0.3 is 19.4 Å². The number of likely N-dealkylation sites (N-methyl/N-ethyl adjacent to an activating group) is 1. The van der Waals surface area contributed by atoms with Crippen molar-refractivity contribution in [2.24, 2.45) is 0 Å². The van der Waals surface area contributed by atoms with E-state index in [0.717, 1.165) is 109 Å². The summed E-state index contributed by atoms with van der Waals surface area (Å²) in [5, 5.41) is 3.08. The largest absolute Gasteiger partial charge is 0.472 e. The van der Waals surface area contributed by atoms with Crippen LogP contribution < -0.4 is 5.32 Å². The van der Waals surface area contributed by atoms with E-state index in [1.54, 1.807) is 0 Å². The zero-order valence-corrected chi connectivity index (χ0v) is 62.9. The van der Waals surface area contributed by atoms with Crippen LogP contribution in [0.4, 0.5) is 0 Å². The Kier molecular flexibility index (Phi) is 69.3. The Morgan fingerprint density at radius 3 is 1.04 bits per heavy atom. The van der Waals surface area contributed by atoms with Crippen LogP contribution in [-0.2, 0) is 27.9 Å². The van der Waals surface area contributed by atoms with Crippen LogP contribution in [0.1, 0.15) is 367 Å². The summed E-state index contributed by atoms with van der Waals surface area (Å²) in [4.78, 5) is 38.1. The third-order valence-electron chi connectivity index (χ3n) is 17.5. The minimum Gasteiger partial charge on any atom is -0.456 e. The molecular formula is C83H152N2O7P+. The van der Waals surface area contributed by atoms with Gasteiger partial charge in [-0.05, 0) is 109 Å². The number of hydrogen-bond donors (Lipinski definition) is 2. The zero-order chi connectivity index (χ0) is 67.8. The minimum atomic E-state index is -4.47. The zero-order valence-electron chi connectivity index (χ0n) is 62.0. The van der Waals surface area contributed by atoms with Crippen LogP contribution in [0.15, 0.2) is 97.2 Å². The van der Waals surface area contributed by atoms with Crippen LogP contribution in [0.3, 0.4) is 0 Å². The number of carbonyl (C=O) groups is 2. The molecule has 10 heteroatoms. The fraction of sp³-hybridized carbons (Fsp3) is 0.783. The van der Waals surface area contributed by atoms with E-state index in [9.17, 15) is 19.0 Å². The lowest BCUT2D eigenvalue weighted by atomic mass is 10.0. The third kappa shape index (κ3) is 73.0. The van der Waals surface area contributed by atoms with Gasteiger partial charge >= 0.3 is 13.8 Å². The number of allylic oxidation sites excluding steroid dienone is 15. The van der Waals surface area contributed by atoms with Crippen LogP contribution in [0.5, 0.6) is 0 Å². The lowest BCUT2D eigenvalue weighted by molar-refractivity contribution is -0.870. The Morgan fingerprint density at radius 2 is 0.688 bits per heavy atom. The number of phosphoric acid groups is 1. The lowest BCUT2D eigenvalue weighted by Gasteiger charge is -2.27. The molecule has 93 heavy (non-hydrogen) atoms. The van der Waals surface area contributed by atoms with E-state index in [1.807, 2.05) is 33.3 Å². The Morgan fingerprint density at radius 1 is 0.387 bits per heavy atom. The van der Waals surface area contributed by atoms with Crippen LogP contribution in [0.25, 0.3) is 0 Å². The highest BCUT2D eigenvalue weighted by atomic mass is 31.2. The van der Waals surface area contributed by atoms with Crippen molar-refractivity contribution in [3.63, 3.8) is 0 Å². The van der Waals surface area contributed by atoms with Gasteiger partial charge in [-0.25, -0.2) is 4.57 Å². The molecule has 0 spiro atoms. The molecule has 0 saturated heterocycles. The number of nitrogens with zero attached hydrogens (tertiary/aromatic N) is 1. The molecule has 0 aliphatic carbocycles.